The van der Waals surface area contributed by atoms with Gasteiger partial charge in [0.05, 0.1) is 6.61 Å². The van der Waals surface area contributed by atoms with E-state index in [1.54, 1.807) is 0 Å². The molecule has 3 heterocycles. The Morgan fingerprint density at radius 1 is 1.18 bits per heavy atom. The molecule has 1 fully saturated rings. The number of aromatic amines is 1. The number of aliphatic hydroxyl groups is 4. The zero-order valence-electron chi connectivity index (χ0n) is 15.8. The average molecular weight is 406 g/mol. The summed E-state index contributed by atoms with van der Waals surface area (Å²) in [4.78, 5) is 4.68. The third kappa shape index (κ3) is 3.63. The summed E-state index contributed by atoms with van der Waals surface area (Å²) >= 11 is 1.95. The van der Waals surface area contributed by atoms with Crippen molar-refractivity contribution in [1.82, 2.24) is 4.98 Å². The predicted molar refractivity (Wildman–Crippen MR) is 109 cm³/mol. The molecule has 152 valence electrons. The van der Waals surface area contributed by atoms with Crippen molar-refractivity contribution in [3.05, 3.63) is 46.5 Å². The second kappa shape index (κ2) is 8.18. The van der Waals surface area contributed by atoms with Crippen LogP contribution in [0.5, 0.6) is 0 Å². The third-order valence-corrected chi connectivity index (χ3v) is 7.23. The lowest BCUT2D eigenvalue weighted by Crippen LogP contribution is -2.55. The summed E-state index contributed by atoms with van der Waals surface area (Å²) in [6.07, 6.45) is 1.78. The van der Waals surface area contributed by atoms with Gasteiger partial charge in [-0.2, -0.15) is 0 Å². The summed E-state index contributed by atoms with van der Waals surface area (Å²) in [5.41, 5.74) is 2.89. The molecule has 2 aliphatic heterocycles. The Hall–Kier alpha value is -1.35. The normalized spacial score (nSPS) is 33.4. The molecule has 0 aliphatic carbocycles. The van der Waals surface area contributed by atoms with Gasteiger partial charge in [-0.05, 0) is 41.0 Å². The van der Waals surface area contributed by atoms with Gasteiger partial charge in [-0.3, -0.25) is 0 Å². The second-order valence-corrected chi connectivity index (χ2v) is 9.03. The molecule has 0 saturated carbocycles. The first-order valence-corrected chi connectivity index (χ1v) is 10.7. The van der Waals surface area contributed by atoms with E-state index in [1.807, 2.05) is 36.2 Å². The number of benzene rings is 1. The van der Waals surface area contributed by atoms with Gasteiger partial charge in [-0.1, -0.05) is 19.1 Å². The molecule has 1 aromatic heterocycles. The molecule has 0 bridgehead atoms. The number of hydrogen-bond acceptors (Lipinski definition) is 6. The minimum Gasteiger partial charge on any atom is -0.394 e. The molecule has 6 atom stereocenters. The van der Waals surface area contributed by atoms with Crippen LogP contribution in [0.1, 0.15) is 37.0 Å². The molecule has 0 radical (unpaired) electrons. The number of nitrogens with one attached hydrogen (secondary N) is 1. The van der Waals surface area contributed by atoms with E-state index in [4.69, 9.17) is 4.74 Å². The molecule has 28 heavy (non-hydrogen) atoms. The highest BCUT2D eigenvalue weighted by Crippen LogP contribution is 2.38. The molecule has 1 aromatic carbocycles. The largest absolute Gasteiger partial charge is 0.394 e. The fourth-order valence-corrected chi connectivity index (χ4v) is 5.24. The van der Waals surface area contributed by atoms with Crippen molar-refractivity contribution in [3.8, 4) is 0 Å². The number of rotatable bonds is 5. The third-order valence-electron chi connectivity index (χ3n) is 5.76. The smallest absolute Gasteiger partial charge is 0.113 e. The summed E-state index contributed by atoms with van der Waals surface area (Å²) in [5.74, 6) is 0. The van der Waals surface area contributed by atoms with E-state index in [9.17, 15) is 20.4 Å². The van der Waals surface area contributed by atoms with Crippen LogP contribution in [0, 0.1) is 0 Å². The number of H-pyrrole nitrogens is 1. The van der Waals surface area contributed by atoms with Crippen LogP contribution in [0.3, 0.4) is 0 Å². The summed E-state index contributed by atoms with van der Waals surface area (Å²) in [7, 11) is 0. The maximum Gasteiger partial charge on any atom is 0.113 e. The van der Waals surface area contributed by atoms with Gasteiger partial charge in [0.1, 0.15) is 30.5 Å². The summed E-state index contributed by atoms with van der Waals surface area (Å²) in [5, 5.41) is 41.6. The minimum atomic E-state index is -1.37. The lowest BCUT2D eigenvalue weighted by atomic mass is 9.90. The molecule has 2 aliphatic rings. The van der Waals surface area contributed by atoms with Gasteiger partial charge < -0.3 is 30.1 Å². The van der Waals surface area contributed by atoms with Crippen molar-refractivity contribution < 1.29 is 25.2 Å². The van der Waals surface area contributed by atoms with Crippen LogP contribution in [0.4, 0.5) is 0 Å². The zero-order chi connectivity index (χ0) is 19.8. The summed E-state index contributed by atoms with van der Waals surface area (Å²) < 4.78 is 5.71. The summed E-state index contributed by atoms with van der Waals surface area (Å²) in [6, 6.07) is 5.73. The van der Waals surface area contributed by atoms with Crippen molar-refractivity contribution >= 4 is 22.7 Å². The highest BCUT2D eigenvalue weighted by molar-refractivity contribution is 8.03. The van der Waals surface area contributed by atoms with Crippen molar-refractivity contribution in [3.63, 3.8) is 0 Å². The number of allylic oxidation sites excluding steroid dienone is 2. The zero-order valence-corrected chi connectivity index (χ0v) is 16.6. The molecule has 1 saturated heterocycles. The Balaban J connectivity index is 1.60. The van der Waals surface area contributed by atoms with E-state index in [0.717, 1.165) is 23.7 Å². The Morgan fingerprint density at radius 3 is 2.71 bits per heavy atom. The van der Waals surface area contributed by atoms with Gasteiger partial charge in [-0.25, -0.2) is 0 Å². The standard InChI is InChI=1S/C21H27NO5S/c1-2-13-4-5-14(28-13)7-12-9-22-16-6-3-11(8-15(12)16)21-20(26)19(25)18(24)17(10-23)27-21/h3,5-6,8-9,13,17-26H,2,4,7,10H2,1H3/t13?,17-,18-,19+,20-,21+/m1/s1. The molecular weight excluding hydrogens is 378 g/mol. The SMILES string of the molecule is CCC1CC=C(Cc2c[nH]c3ccc([C@@H]4O[C@H](CO)[C@@H](O)[C@H](O)[C@H]4O)cc23)S1. The second-order valence-electron chi connectivity index (χ2n) is 7.60. The van der Waals surface area contributed by atoms with E-state index in [0.29, 0.717) is 10.8 Å². The first-order chi connectivity index (χ1) is 13.5. The van der Waals surface area contributed by atoms with Crippen LogP contribution in [0.15, 0.2) is 35.4 Å². The highest BCUT2D eigenvalue weighted by Gasteiger charge is 2.44. The highest BCUT2D eigenvalue weighted by atomic mass is 32.2. The van der Waals surface area contributed by atoms with Crippen molar-refractivity contribution in [2.24, 2.45) is 0 Å². The Morgan fingerprint density at radius 2 is 2.00 bits per heavy atom. The monoisotopic (exact) mass is 405 g/mol. The van der Waals surface area contributed by atoms with Crippen LogP contribution >= 0.6 is 11.8 Å². The molecule has 5 N–H and O–H groups in total. The molecule has 4 rings (SSSR count). The van der Waals surface area contributed by atoms with Gasteiger partial charge in [0.25, 0.3) is 0 Å². The number of aliphatic hydroxyl groups excluding tert-OH is 4. The quantitative estimate of drug-likeness (QED) is 0.521. The van der Waals surface area contributed by atoms with E-state index in [1.165, 1.54) is 16.9 Å². The van der Waals surface area contributed by atoms with Crippen LogP contribution in [0.2, 0.25) is 0 Å². The van der Waals surface area contributed by atoms with Crippen LogP contribution in [0.25, 0.3) is 10.9 Å². The first kappa shape index (κ1) is 19.9. The lowest BCUT2D eigenvalue weighted by molar-refractivity contribution is -0.231. The Kier molecular flexibility index (Phi) is 5.83. The number of ether oxygens (including phenoxy) is 1. The fraction of sp³-hybridized carbons (Fsp3) is 0.524. The van der Waals surface area contributed by atoms with Crippen LogP contribution < -0.4 is 0 Å². The maximum absolute atomic E-state index is 10.4. The molecule has 6 nitrogen and oxygen atoms in total. The molecule has 2 aromatic rings. The van der Waals surface area contributed by atoms with Crippen LogP contribution in [-0.2, 0) is 11.2 Å². The van der Waals surface area contributed by atoms with Crippen molar-refractivity contribution in [2.45, 2.75) is 62.0 Å². The van der Waals surface area contributed by atoms with Gasteiger partial charge in [0.2, 0.25) is 0 Å². The van der Waals surface area contributed by atoms with Crippen LogP contribution in [-0.4, -0.2) is 61.7 Å². The lowest BCUT2D eigenvalue weighted by Gasteiger charge is -2.40. The van der Waals surface area contributed by atoms with Gasteiger partial charge in [-0.15, -0.1) is 11.8 Å². The number of fused-ring (bicyclic) bond motifs is 1. The Labute approximate surface area is 168 Å². The molecular formula is C21H27NO5S. The van der Waals surface area contributed by atoms with E-state index in [-0.39, 0.29) is 0 Å². The number of hydrogen-bond donors (Lipinski definition) is 5. The predicted octanol–water partition coefficient (Wildman–Crippen LogP) is 2.02. The molecule has 7 heteroatoms. The molecule has 0 amide bonds. The molecule has 1 unspecified atom stereocenters. The van der Waals surface area contributed by atoms with Crippen molar-refractivity contribution in [2.75, 3.05) is 6.61 Å². The topological polar surface area (TPSA) is 106 Å². The maximum atomic E-state index is 10.4. The van der Waals surface area contributed by atoms with Gasteiger partial charge in [0, 0.05) is 28.8 Å². The number of thioether (sulfide) groups is 1. The van der Waals surface area contributed by atoms with Gasteiger partial charge in [0.15, 0.2) is 0 Å². The van der Waals surface area contributed by atoms with E-state index in [2.05, 4.69) is 18.0 Å². The van der Waals surface area contributed by atoms with E-state index < -0.39 is 37.1 Å². The Bertz CT molecular complexity index is 864. The van der Waals surface area contributed by atoms with Crippen molar-refractivity contribution in [1.29, 1.82) is 0 Å². The molecule has 0 spiro atoms. The average Bonchev–Trinajstić information content (AvgIpc) is 3.33. The van der Waals surface area contributed by atoms with E-state index >= 15 is 0 Å². The fourth-order valence-electron chi connectivity index (χ4n) is 4.02. The first-order valence-electron chi connectivity index (χ1n) is 9.78. The summed E-state index contributed by atoms with van der Waals surface area (Å²) in [6.45, 7) is 1.79. The minimum absolute atomic E-state index is 0.428. The number of aromatic nitrogens is 1. The van der Waals surface area contributed by atoms with Gasteiger partial charge >= 0.3 is 0 Å².